The van der Waals surface area contributed by atoms with E-state index in [9.17, 15) is 4.39 Å². The van der Waals surface area contributed by atoms with E-state index in [1.54, 1.807) is 12.1 Å². The standard InChI is InChI=1S/C13H14ClFN4O2/c1-6-10(15)13(19-16)18-12(17-6)7-4-5-8(20-2)11(21-3)9(7)14/h4-5H,16H2,1-3H3,(H,17,18,19). The molecule has 0 fully saturated rings. The Kier molecular flexibility index (Phi) is 4.44. The fourth-order valence-electron chi connectivity index (χ4n) is 1.84. The summed E-state index contributed by atoms with van der Waals surface area (Å²) in [6.07, 6.45) is 0. The lowest BCUT2D eigenvalue weighted by molar-refractivity contribution is 0.355. The minimum Gasteiger partial charge on any atom is -0.493 e. The van der Waals surface area contributed by atoms with Crippen molar-refractivity contribution in [3.05, 3.63) is 28.7 Å². The van der Waals surface area contributed by atoms with E-state index >= 15 is 0 Å². The second-order valence-corrected chi connectivity index (χ2v) is 4.48. The minimum atomic E-state index is -0.613. The number of nitrogen functional groups attached to an aromatic ring is 1. The number of nitrogens with two attached hydrogens (primary N) is 1. The van der Waals surface area contributed by atoms with Crippen LogP contribution in [0.15, 0.2) is 12.1 Å². The molecule has 0 aliphatic heterocycles. The highest BCUT2D eigenvalue weighted by molar-refractivity contribution is 6.35. The van der Waals surface area contributed by atoms with Gasteiger partial charge >= 0.3 is 0 Å². The van der Waals surface area contributed by atoms with Crippen LogP contribution in [0.25, 0.3) is 11.4 Å². The maximum Gasteiger partial charge on any atom is 0.187 e. The second kappa shape index (κ2) is 6.11. The minimum absolute atomic E-state index is 0.108. The van der Waals surface area contributed by atoms with Gasteiger partial charge in [0.2, 0.25) is 0 Å². The van der Waals surface area contributed by atoms with Gasteiger partial charge in [-0.15, -0.1) is 0 Å². The zero-order valence-electron chi connectivity index (χ0n) is 11.7. The number of ether oxygens (including phenoxy) is 2. The Labute approximate surface area is 126 Å². The number of hydrogen-bond donors (Lipinski definition) is 2. The van der Waals surface area contributed by atoms with Crippen LogP contribution in [-0.2, 0) is 0 Å². The molecular formula is C13H14ClFN4O2. The van der Waals surface area contributed by atoms with Crippen molar-refractivity contribution in [2.75, 3.05) is 19.6 Å². The van der Waals surface area contributed by atoms with E-state index < -0.39 is 5.82 Å². The molecule has 0 bridgehead atoms. The van der Waals surface area contributed by atoms with Crippen LogP contribution in [0.4, 0.5) is 10.2 Å². The number of hydrogen-bond acceptors (Lipinski definition) is 6. The number of anilines is 1. The molecule has 0 amide bonds. The van der Waals surface area contributed by atoms with Gasteiger partial charge in [0.15, 0.2) is 29.0 Å². The average molecular weight is 313 g/mol. The van der Waals surface area contributed by atoms with E-state index in [2.05, 4.69) is 15.4 Å². The summed E-state index contributed by atoms with van der Waals surface area (Å²) in [5.41, 5.74) is 2.82. The summed E-state index contributed by atoms with van der Waals surface area (Å²) in [4.78, 5) is 8.09. The maximum absolute atomic E-state index is 13.7. The molecule has 0 saturated carbocycles. The van der Waals surface area contributed by atoms with Gasteiger partial charge in [0, 0.05) is 5.56 Å². The molecule has 1 aromatic heterocycles. The van der Waals surface area contributed by atoms with Gasteiger partial charge < -0.3 is 14.9 Å². The van der Waals surface area contributed by atoms with Crippen LogP contribution < -0.4 is 20.7 Å². The van der Waals surface area contributed by atoms with Gasteiger partial charge in [0.05, 0.1) is 24.9 Å². The van der Waals surface area contributed by atoms with Crippen LogP contribution in [0.2, 0.25) is 5.02 Å². The molecule has 0 spiro atoms. The highest BCUT2D eigenvalue weighted by Gasteiger charge is 2.18. The highest BCUT2D eigenvalue weighted by Crippen LogP contribution is 2.41. The van der Waals surface area contributed by atoms with E-state index in [1.165, 1.54) is 21.1 Å². The molecule has 2 rings (SSSR count). The number of nitrogens with one attached hydrogen (secondary N) is 1. The van der Waals surface area contributed by atoms with Crippen LogP contribution >= 0.6 is 11.6 Å². The number of methoxy groups -OCH3 is 2. The Morgan fingerprint density at radius 2 is 1.95 bits per heavy atom. The first kappa shape index (κ1) is 15.3. The summed E-state index contributed by atoms with van der Waals surface area (Å²) in [5, 5.41) is 0.269. The van der Waals surface area contributed by atoms with Crippen LogP contribution in [0.5, 0.6) is 11.5 Å². The van der Waals surface area contributed by atoms with Gasteiger partial charge in [0.25, 0.3) is 0 Å². The molecule has 21 heavy (non-hydrogen) atoms. The normalized spacial score (nSPS) is 10.4. The predicted octanol–water partition coefficient (Wildman–Crippen LogP) is 2.55. The summed E-state index contributed by atoms with van der Waals surface area (Å²) in [7, 11) is 2.97. The molecule has 112 valence electrons. The van der Waals surface area contributed by atoms with Gasteiger partial charge in [0.1, 0.15) is 0 Å². The number of rotatable bonds is 4. The first-order valence-electron chi connectivity index (χ1n) is 5.95. The summed E-state index contributed by atoms with van der Waals surface area (Å²) in [6, 6.07) is 3.33. The van der Waals surface area contributed by atoms with Crippen molar-refractivity contribution in [3.8, 4) is 22.9 Å². The highest BCUT2D eigenvalue weighted by atomic mass is 35.5. The van der Waals surface area contributed by atoms with Gasteiger partial charge in [-0.3, -0.25) is 0 Å². The zero-order valence-corrected chi connectivity index (χ0v) is 12.5. The molecule has 1 heterocycles. The monoisotopic (exact) mass is 312 g/mol. The third kappa shape index (κ3) is 2.70. The summed E-state index contributed by atoms with van der Waals surface area (Å²) in [6.45, 7) is 1.51. The van der Waals surface area contributed by atoms with Crippen molar-refractivity contribution in [2.24, 2.45) is 5.84 Å². The largest absolute Gasteiger partial charge is 0.493 e. The maximum atomic E-state index is 13.7. The van der Waals surface area contributed by atoms with Crippen LogP contribution in [0, 0.1) is 12.7 Å². The fraction of sp³-hybridized carbons (Fsp3) is 0.231. The molecule has 8 heteroatoms. The molecule has 2 aromatic rings. The fourth-order valence-corrected chi connectivity index (χ4v) is 2.16. The molecule has 0 radical (unpaired) electrons. The van der Waals surface area contributed by atoms with E-state index in [-0.39, 0.29) is 22.4 Å². The van der Waals surface area contributed by atoms with Crippen molar-refractivity contribution < 1.29 is 13.9 Å². The quantitative estimate of drug-likeness (QED) is 0.667. The van der Waals surface area contributed by atoms with Crippen molar-refractivity contribution in [3.63, 3.8) is 0 Å². The lowest BCUT2D eigenvalue weighted by atomic mass is 10.1. The smallest absolute Gasteiger partial charge is 0.187 e. The van der Waals surface area contributed by atoms with Crippen molar-refractivity contribution >= 4 is 17.4 Å². The Balaban J connectivity index is 2.65. The van der Waals surface area contributed by atoms with Gasteiger partial charge in [-0.1, -0.05) is 11.6 Å². The number of benzene rings is 1. The zero-order chi connectivity index (χ0) is 15.6. The lowest BCUT2D eigenvalue weighted by Crippen LogP contribution is -2.13. The van der Waals surface area contributed by atoms with E-state index in [0.717, 1.165) is 0 Å². The molecule has 0 atom stereocenters. The molecule has 6 nitrogen and oxygen atoms in total. The number of aryl methyl sites for hydroxylation is 1. The SMILES string of the molecule is COc1ccc(-c2nc(C)c(F)c(NN)n2)c(Cl)c1OC. The molecular weight excluding hydrogens is 299 g/mol. The first-order valence-corrected chi connectivity index (χ1v) is 6.32. The Bertz CT molecular complexity index is 682. The Morgan fingerprint density at radius 1 is 1.24 bits per heavy atom. The van der Waals surface area contributed by atoms with Crippen LogP contribution in [-0.4, -0.2) is 24.2 Å². The summed E-state index contributed by atoms with van der Waals surface area (Å²) in [5.74, 6) is 5.58. The van der Waals surface area contributed by atoms with E-state index in [1.807, 2.05) is 0 Å². The number of hydrazine groups is 1. The molecule has 0 aliphatic rings. The van der Waals surface area contributed by atoms with Crippen molar-refractivity contribution in [1.29, 1.82) is 0 Å². The van der Waals surface area contributed by atoms with Gasteiger partial charge in [-0.25, -0.2) is 20.2 Å². The van der Waals surface area contributed by atoms with Crippen LogP contribution in [0.3, 0.4) is 0 Å². The summed E-state index contributed by atoms with van der Waals surface area (Å²) < 4.78 is 24.1. The summed E-state index contributed by atoms with van der Waals surface area (Å²) >= 11 is 6.28. The van der Waals surface area contributed by atoms with E-state index in [4.69, 9.17) is 26.9 Å². The van der Waals surface area contributed by atoms with Crippen molar-refractivity contribution in [1.82, 2.24) is 9.97 Å². The van der Waals surface area contributed by atoms with Gasteiger partial charge in [-0.2, -0.15) is 0 Å². The lowest BCUT2D eigenvalue weighted by Gasteiger charge is -2.13. The molecule has 1 aromatic carbocycles. The Morgan fingerprint density at radius 3 is 2.52 bits per heavy atom. The first-order chi connectivity index (χ1) is 10.0. The second-order valence-electron chi connectivity index (χ2n) is 4.10. The third-order valence-corrected chi connectivity index (χ3v) is 3.25. The van der Waals surface area contributed by atoms with Gasteiger partial charge in [-0.05, 0) is 19.1 Å². The number of nitrogens with zero attached hydrogens (tertiary/aromatic N) is 2. The Hall–Kier alpha value is -2.12. The molecule has 0 aliphatic carbocycles. The number of halogens is 2. The molecule has 0 unspecified atom stereocenters. The average Bonchev–Trinajstić information content (AvgIpc) is 2.49. The van der Waals surface area contributed by atoms with E-state index in [0.29, 0.717) is 17.1 Å². The number of aromatic nitrogens is 2. The topological polar surface area (TPSA) is 82.3 Å². The molecule has 3 N–H and O–H groups in total. The predicted molar refractivity (Wildman–Crippen MR) is 78.1 cm³/mol. The molecule has 0 saturated heterocycles. The van der Waals surface area contributed by atoms with Crippen molar-refractivity contribution in [2.45, 2.75) is 6.92 Å². The van der Waals surface area contributed by atoms with Crippen LogP contribution in [0.1, 0.15) is 5.69 Å². The third-order valence-electron chi connectivity index (χ3n) is 2.88.